The van der Waals surface area contributed by atoms with Crippen LogP contribution in [0, 0.1) is 0 Å². The van der Waals surface area contributed by atoms with Crippen molar-refractivity contribution < 1.29 is 32.6 Å². The number of hydrogen-bond donors (Lipinski definition) is 3. The van der Waals surface area contributed by atoms with Crippen LogP contribution in [0.1, 0.15) is 41.6 Å². The van der Waals surface area contributed by atoms with E-state index in [1.54, 1.807) is 48.5 Å². The van der Waals surface area contributed by atoms with Crippen molar-refractivity contribution in [3.8, 4) is 17.4 Å². The standard InChI is InChI=1S/C32H29Cl2N3O7S/c33-26-13-12-24(18-27(26)34)45(41,42)37-32(15-3-4-16-32)20-43-22-8-10-23(11-9-22)44-30-14-7-21(19-35-30)17-29(38)36-28-6-2-1-5-25(28)31(39)40/h1-2,5-14,18-19,37H,3-4,15-17,20H2,(H,36,38)(H,39,40). The number of rotatable bonds is 12. The first-order chi connectivity index (χ1) is 21.5. The highest BCUT2D eigenvalue weighted by Crippen LogP contribution is 2.34. The van der Waals surface area contributed by atoms with Gasteiger partial charge in [0.15, 0.2) is 0 Å². The zero-order chi connectivity index (χ0) is 32.0. The number of aromatic nitrogens is 1. The Labute approximate surface area is 270 Å². The van der Waals surface area contributed by atoms with Gasteiger partial charge in [-0.1, -0.05) is 54.2 Å². The number of halogens is 2. The van der Waals surface area contributed by atoms with Crippen molar-refractivity contribution in [2.45, 2.75) is 42.5 Å². The molecule has 4 aromatic rings. The Morgan fingerprint density at radius 3 is 2.29 bits per heavy atom. The lowest BCUT2D eigenvalue weighted by Crippen LogP contribution is -2.50. The van der Waals surface area contributed by atoms with Gasteiger partial charge in [0, 0.05) is 12.3 Å². The summed E-state index contributed by atoms with van der Waals surface area (Å²) in [6.07, 6.45) is 4.51. The van der Waals surface area contributed by atoms with Crippen molar-refractivity contribution in [1.29, 1.82) is 0 Å². The number of carbonyl (C=O) groups excluding carboxylic acids is 1. The maximum absolute atomic E-state index is 13.1. The first-order valence-electron chi connectivity index (χ1n) is 14.0. The Hall–Kier alpha value is -4.16. The summed E-state index contributed by atoms with van der Waals surface area (Å²) in [5.41, 5.74) is 0.0829. The Kier molecular flexibility index (Phi) is 9.93. The third-order valence-electron chi connectivity index (χ3n) is 7.27. The number of sulfonamides is 1. The number of aromatic carboxylic acids is 1. The van der Waals surface area contributed by atoms with Gasteiger partial charge in [0.05, 0.1) is 38.2 Å². The van der Waals surface area contributed by atoms with E-state index >= 15 is 0 Å². The fourth-order valence-corrected chi connectivity index (χ4v) is 6.83. The number of nitrogens with one attached hydrogen (secondary N) is 2. The number of carboxylic acids is 1. The summed E-state index contributed by atoms with van der Waals surface area (Å²) in [5.74, 6) is -0.153. The number of carbonyl (C=O) groups is 2. The molecule has 0 aliphatic heterocycles. The summed E-state index contributed by atoms with van der Waals surface area (Å²) < 4.78 is 41.0. The summed E-state index contributed by atoms with van der Waals surface area (Å²) in [5, 5.41) is 12.3. The highest BCUT2D eigenvalue weighted by atomic mass is 35.5. The highest BCUT2D eigenvalue weighted by Gasteiger charge is 2.39. The largest absolute Gasteiger partial charge is 0.492 e. The third kappa shape index (κ3) is 8.31. The van der Waals surface area contributed by atoms with Crippen molar-refractivity contribution >= 4 is 50.8 Å². The second kappa shape index (κ2) is 13.9. The molecule has 1 saturated carbocycles. The van der Waals surface area contributed by atoms with E-state index in [1.165, 1.54) is 36.5 Å². The summed E-state index contributed by atoms with van der Waals surface area (Å²) in [6.45, 7) is 0.145. The van der Waals surface area contributed by atoms with Crippen molar-refractivity contribution in [2.75, 3.05) is 11.9 Å². The molecule has 0 atom stereocenters. The van der Waals surface area contributed by atoms with E-state index in [0.717, 1.165) is 12.8 Å². The number of anilines is 1. The number of amides is 1. The molecule has 1 aliphatic rings. The number of hydrogen-bond acceptors (Lipinski definition) is 7. The highest BCUT2D eigenvalue weighted by molar-refractivity contribution is 7.89. The van der Waals surface area contributed by atoms with Crippen LogP contribution >= 0.6 is 23.2 Å². The molecule has 0 saturated heterocycles. The van der Waals surface area contributed by atoms with Gasteiger partial charge in [0.2, 0.25) is 21.8 Å². The molecule has 45 heavy (non-hydrogen) atoms. The van der Waals surface area contributed by atoms with Crippen molar-refractivity contribution in [3.63, 3.8) is 0 Å². The average molecular weight is 671 g/mol. The van der Waals surface area contributed by atoms with Crippen LogP contribution in [0.3, 0.4) is 0 Å². The molecule has 3 N–H and O–H groups in total. The number of nitrogens with zero attached hydrogens (tertiary/aromatic N) is 1. The number of benzene rings is 3. The fraction of sp³-hybridized carbons (Fsp3) is 0.219. The topological polar surface area (TPSA) is 144 Å². The van der Waals surface area contributed by atoms with Crippen LogP contribution in [-0.2, 0) is 21.2 Å². The van der Waals surface area contributed by atoms with Gasteiger partial charge in [0.1, 0.15) is 18.1 Å². The van der Waals surface area contributed by atoms with E-state index in [2.05, 4.69) is 15.0 Å². The number of para-hydroxylation sites is 1. The zero-order valence-corrected chi connectivity index (χ0v) is 26.2. The van der Waals surface area contributed by atoms with Crippen LogP contribution in [0.2, 0.25) is 10.0 Å². The van der Waals surface area contributed by atoms with Gasteiger partial charge in [0.25, 0.3) is 0 Å². The van der Waals surface area contributed by atoms with E-state index in [-0.39, 0.29) is 45.1 Å². The summed E-state index contributed by atoms with van der Waals surface area (Å²) in [6, 6.07) is 20.6. The van der Waals surface area contributed by atoms with Crippen molar-refractivity contribution in [2.24, 2.45) is 0 Å². The lowest BCUT2D eigenvalue weighted by molar-refractivity contribution is -0.115. The molecule has 1 amide bonds. The molecule has 1 aromatic heterocycles. The Bertz CT molecular complexity index is 1790. The summed E-state index contributed by atoms with van der Waals surface area (Å²) in [4.78, 5) is 28.1. The number of pyridine rings is 1. The minimum atomic E-state index is -3.86. The van der Waals surface area contributed by atoms with E-state index in [4.69, 9.17) is 32.7 Å². The molecule has 1 fully saturated rings. The predicted molar refractivity (Wildman–Crippen MR) is 170 cm³/mol. The monoisotopic (exact) mass is 669 g/mol. The molecular weight excluding hydrogens is 641 g/mol. The molecular formula is C32H29Cl2N3O7S. The Balaban J connectivity index is 1.15. The van der Waals surface area contributed by atoms with E-state index in [1.807, 2.05) is 0 Å². The molecule has 0 unspecified atom stereocenters. The lowest BCUT2D eigenvalue weighted by atomic mass is 10.0. The lowest BCUT2D eigenvalue weighted by Gasteiger charge is -2.30. The zero-order valence-electron chi connectivity index (χ0n) is 23.8. The van der Waals surface area contributed by atoms with E-state index < -0.39 is 21.5 Å². The molecule has 5 rings (SSSR count). The van der Waals surface area contributed by atoms with Gasteiger partial charge in [-0.25, -0.2) is 22.9 Å². The molecule has 1 aliphatic carbocycles. The number of ether oxygens (including phenoxy) is 2. The maximum atomic E-state index is 13.1. The quantitative estimate of drug-likeness (QED) is 0.151. The smallest absolute Gasteiger partial charge is 0.337 e. The van der Waals surface area contributed by atoms with Gasteiger partial charge < -0.3 is 19.9 Å². The molecule has 0 bridgehead atoms. The van der Waals surface area contributed by atoms with E-state index in [0.29, 0.717) is 35.8 Å². The SMILES string of the molecule is O=C(Cc1ccc(Oc2ccc(OCC3(NS(=O)(=O)c4ccc(Cl)c(Cl)c4)CCCC3)cc2)nc1)Nc1ccccc1C(=O)O. The first-order valence-corrected chi connectivity index (χ1v) is 16.2. The van der Waals surface area contributed by atoms with Crippen LogP contribution in [0.15, 0.2) is 90.0 Å². The normalized spacial score (nSPS) is 14.1. The molecule has 234 valence electrons. The second-order valence-electron chi connectivity index (χ2n) is 10.6. The Morgan fingerprint density at radius 1 is 0.911 bits per heavy atom. The fourth-order valence-electron chi connectivity index (χ4n) is 5.00. The van der Waals surface area contributed by atoms with Gasteiger partial charge in [-0.15, -0.1) is 0 Å². The minimum absolute atomic E-state index is 0.00162. The van der Waals surface area contributed by atoms with Crippen molar-refractivity contribution in [3.05, 3.63) is 106 Å². The molecule has 3 aromatic carbocycles. The molecule has 13 heteroatoms. The second-order valence-corrected chi connectivity index (χ2v) is 13.1. The third-order valence-corrected chi connectivity index (χ3v) is 9.58. The van der Waals surface area contributed by atoms with Crippen LogP contribution in [0.25, 0.3) is 0 Å². The maximum Gasteiger partial charge on any atom is 0.337 e. The summed E-state index contributed by atoms with van der Waals surface area (Å²) >= 11 is 12.0. The average Bonchev–Trinajstić information content (AvgIpc) is 3.47. The van der Waals surface area contributed by atoms with Crippen LogP contribution in [0.4, 0.5) is 5.69 Å². The molecule has 10 nitrogen and oxygen atoms in total. The molecule has 1 heterocycles. The molecule has 0 spiro atoms. The van der Waals surface area contributed by atoms with Gasteiger partial charge >= 0.3 is 5.97 Å². The number of carboxylic acid groups (broad SMARTS) is 1. The van der Waals surface area contributed by atoms with Crippen LogP contribution < -0.4 is 19.5 Å². The van der Waals surface area contributed by atoms with Gasteiger partial charge in [-0.05, 0) is 73.0 Å². The van der Waals surface area contributed by atoms with Gasteiger partial charge in [-0.3, -0.25) is 4.79 Å². The molecule has 0 radical (unpaired) electrons. The van der Waals surface area contributed by atoms with Crippen LogP contribution in [0.5, 0.6) is 17.4 Å². The predicted octanol–water partition coefficient (Wildman–Crippen LogP) is 6.73. The van der Waals surface area contributed by atoms with Gasteiger partial charge in [-0.2, -0.15) is 0 Å². The minimum Gasteiger partial charge on any atom is -0.492 e. The van der Waals surface area contributed by atoms with E-state index in [9.17, 15) is 23.1 Å². The van der Waals surface area contributed by atoms with Crippen LogP contribution in [-0.4, -0.2) is 42.5 Å². The Morgan fingerprint density at radius 2 is 1.62 bits per heavy atom. The first kappa shape index (κ1) is 32.2. The summed E-state index contributed by atoms with van der Waals surface area (Å²) in [7, 11) is -3.86. The van der Waals surface area contributed by atoms with Crippen molar-refractivity contribution in [1.82, 2.24) is 9.71 Å².